The minimum absolute atomic E-state index is 0.0442. The molecule has 0 aromatic heterocycles. The summed E-state index contributed by atoms with van der Waals surface area (Å²) in [6.45, 7) is 1.85. The molecule has 0 spiro atoms. The van der Waals surface area contributed by atoms with Gasteiger partial charge < -0.3 is 0 Å². The first kappa shape index (κ1) is 6.81. The number of thioether (sulfide) groups is 1. The topological polar surface area (TPSA) is 34.1 Å². The van der Waals surface area contributed by atoms with Gasteiger partial charge in [0.05, 0.1) is 17.4 Å². The molecule has 0 bridgehead atoms. The smallest absolute Gasteiger partial charge is 0.152 e. The van der Waals surface area contributed by atoms with Crippen LogP contribution in [0, 0.1) is 0 Å². The molecule has 1 heterocycles. The third-order valence-corrected chi connectivity index (χ3v) is 2.57. The largest absolute Gasteiger partial charge is 0.298 e. The van der Waals surface area contributed by atoms with E-state index in [2.05, 4.69) is 0 Å². The Labute approximate surface area is 58.0 Å². The summed E-state index contributed by atoms with van der Waals surface area (Å²) < 4.78 is 0. The van der Waals surface area contributed by atoms with Crippen LogP contribution in [0.1, 0.15) is 13.3 Å². The van der Waals surface area contributed by atoms with E-state index in [9.17, 15) is 9.59 Å². The maximum atomic E-state index is 10.8. The van der Waals surface area contributed by atoms with Gasteiger partial charge in [-0.2, -0.15) is 0 Å². The van der Waals surface area contributed by atoms with E-state index in [1.54, 1.807) is 0 Å². The molecule has 1 unspecified atom stereocenters. The molecule has 0 radical (unpaired) electrons. The quantitative estimate of drug-likeness (QED) is 0.468. The standard InChI is InChI=1S/C6H8O2S/c1-4-6(8)2-5(7)3-9-4/h4H,2-3H2,1H3. The van der Waals surface area contributed by atoms with E-state index in [0.29, 0.717) is 5.75 Å². The minimum atomic E-state index is 0.0442. The Morgan fingerprint density at radius 2 is 2.22 bits per heavy atom. The fourth-order valence-corrected chi connectivity index (χ4v) is 1.51. The normalized spacial score (nSPS) is 28.8. The zero-order valence-corrected chi connectivity index (χ0v) is 6.03. The van der Waals surface area contributed by atoms with Gasteiger partial charge in [0, 0.05) is 0 Å². The SMILES string of the molecule is CC1SCC(=O)CC1=O. The number of carbonyl (C=O) groups is 2. The summed E-state index contributed by atoms with van der Waals surface area (Å²) in [5.41, 5.74) is 0. The van der Waals surface area contributed by atoms with Crippen LogP contribution >= 0.6 is 11.8 Å². The maximum absolute atomic E-state index is 10.8. The van der Waals surface area contributed by atoms with Crippen LogP contribution in [-0.4, -0.2) is 22.6 Å². The average Bonchev–Trinajstić information content (AvgIpc) is 1.80. The Balaban J connectivity index is 2.54. The van der Waals surface area contributed by atoms with Crippen molar-refractivity contribution in [1.29, 1.82) is 0 Å². The number of Topliss-reactive ketones (excluding diaryl/α,β-unsaturated/α-hetero) is 2. The lowest BCUT2D eigenvalue weighted by molar-refractivity contribution is -0.125. The number of ketones is 2. The molecule has 1 fully saturated rings. The summed E-state index contributed by atoms with van der Waals surface area (Å²) in [7, 11) is 0. The van der Waals surface area contributed by atoms with Gasteiger partial charge in [0.25, 0.3) is 0 Å². The monoisotopic (exact) mass is 144 g/mol. The lowest BCUT2D eigenvalue weighted by Gasteiger charge is -2.13. The first-order valence-electron chi connectivity index (χ1n) is 2.86. The predicted octanol–water partition coefficient (Wildman–Crippen LogP) is 0.650. The van der Waals surface area contributed by atoms with E-state index in [1.807, 2.05) is 6.92 Å². The van der Waals surface area contributed by atoms with Crippen LogP contribution in [0.2, 0.25) is 0 Å². The van der Waals surface area contributed by atoms with Crippen LogP contribution in [0.25, 0.3) is 0 Å². The van der Waals surface area contributed by atoms with Crippen LogP contribution in [-0.2, 0) is 9.59 Å². The highest BCUT2D eigenvalue weighted by Gasteiger charge is 2.23. The lowest BCUT2D eigenvalue weighted by Crippen LogP contribution is -2.25. The predicted molar refractivity (Wildman–Crippen MR) is 36.6 cm³/mol. The second-order valence-corrected chi connectivity index (χ2v) is 3.46. The van der Waals surface area contributed by atoms with E-state index in [0.717, 1.165) is 0 Å². The van der Waals surface area contributed by atoms with Gasteiger partial charge in [-0.1, -0.05) is 0 Å². The van der Waals surface area contributed by atoms with E-state index in [-0.39, 0.29) is 23.2 Å². The van der Waals surface area contributed by atoms with Gasteiger partial charge in [-0.25, -0.2) is 0 Å². The van der Waals surface area contributed by atoms with E-state index in [1.165, 1.54) is 11.8 Å². The van der Waals surface area contributed by atoms with Gasteiger partial charge in [-0.15, -0.1) is 11.8 Å². The lowest BCUT2D eigenvalue weighted by atomic mass is 10.2. The average molecular weight is 144 g/mol. The van der Waals surface area contributed by atoms with E-state index in [4.69, 9.17) is 0 Å². The number of hydrogen-bond donors (Lipinski definition) is 0. The van der Waals surface area contributed by atoms with Crippen molar-refractivity contribution >= 4 is 23.3 Å². The molecule has 0 aromatic rings. The Kier molecular flexibility index (Phi) is 1.90. The van der Waals surface area contributed by atoms with E-state index >= 15 is 0 Å². The molecule has 1 aliphatic rings. The molecular formula is C6H8O2S. The molecule has 1 aliphatic heterocycles. The van der Waals surface area contributed by atoms with Crippen LogP contribution in [0.4, 0.5) is 0 Å². The molecule has 50 valence electrons. The van der Waals surface area contributed by atoms with Gasteiger partial charge in [-0.3, -0.25) is 9.59 Å². The zero-order valence-electron chi connectivity index (χ0n) is 5.22. The molecule has 9 heavy (non-hydrogen) atoms. The van der Waals surface area contributed by atoms with Crippen molar-refractivity contribution in [2.24, 2.45) is 0 Å². The minimum Gasteiger partial charge on any atom is -0.298 e. The van der Waals surface area contributed by atoms with Crippen LogP contribution < -0.4 is 0 Å². The summed E-state index contributed by atoms with van der Waals surface area (Å²) >= 11 is 1.44. The van der Waals surface area contributed by atoms with Crippen molar-refractivity contribution in [3.8, 4) is 0 Å². The van der Waals surface area contributed by atoms with Gasteiger partial charge >= 0.3 is 0 Å². The molecule has 0 amide bonds. The van der Waals surface area contributed by atoms with Crippen molar-refractivity contribution in [3.05, 3.63) is 0 Å². The number of hydrogen-bond acceptors (Lipinski definition) is 3. The third kappa shape index (κ3) is 1.55. The summed E-state index contributed by atoms with van der Waals surface area (Å²) in [5.74, 6) is 0.673. The van der Waals surface area contributed by atoms with Crippen LogP contribution in [0.5, 0.6) is 0 Å². The Hall–Kier alpha value is -0.310. The van der Waals surface area contributed by atoms with Gasteiger partial charge in [-0.05, 0) is 6.92 Å². The van der Waals surface area contributed by atoms with Gasteiger partial charge in [0.1, 0.15) is 5.78 Å². The summed E-state index contributed by atoms with van der Waals surface area (Å²) in [5, 5.41) is 0.0442. The molecule has 1 atom stereocenters. The molecule has 2 nitrogen and oxygen atoms in total. The second kappa shape index (κ2) is 2.52. The summed E-state index contributed by atoms with van der Waals surface area (Å²) in [6.07, 6.45) is 0.161. The van der Waals surface area contributed by atoms with E-state index < -0.39 is 0 Å². The zero-order chi connectivity index (χ0) is 6.85. The summed E-state index contributed by atoms with van der Waals surface area (Å²) in [4.78, 5) is 21.3. The summed E-state index contributed by atoms with van der Waals surface area (Å²) in [6, 6.07) is 0. The van der Waals surface area contributed by atoms with Crippen molar-refractivity contribution < 1.29 is 9.59 Å². The first-order valence-corrected chi connectivity index (χ1v) is 3.91. The maximum Gasteiger partial charge on any atom is 0.152 e. The molecule has 0 aliphatic carbocycles. The van der Waals surface area contributed by atoms with Crippen molar-refractivity contribution in [2.45, 2.75) is 18.6 Å². The van der Waals surface area contributed by atoms with Gasteiger partial charge in [0.2, 0.25) is 0 Å². The molecule has 0 N–H and O–H groups in total. The highest BCUT2D eigenvalue weighted by molar-refractivity contribution is 8.01. The fraction of sp³-hybridized carbons (Fsp3) is 0.667. The highest BCUT2D eigenvalue weighted by atomic mass is 32.2. The molecule has 0 aromatic carbocycles. The Morgan fingerprint density at radius 1 is 1.56 bits per heavy atom. The van der Waals surface area contributed by atoms with Crippen molar-refractivity contribution in [3.63, 3.8) is 0 Å². The molecule has 1 rings (SSSR count). The fourth-order valence-electron chi connectivity index (χ4n) is 0.700. The first-order chi connectivity index (χ1) is 4.20. The van der Waals surface area contributed by atoms with Crippen molar-refractivity contribution in [1.82, 2.24) is 0 Å². The van der Waals surface area contributed by atoms with Crippen LogP contribution in [0.3, 0.4) is 0 Å². The molecule has 3 heteroatoms. The Bertz CT molecular complexity index is 153. The number of carbonyl (C=O) groups excluding carboxylic acids is 2. The van der Waals surface area contributed by atoms with Crippen LogP contribution in [0.15, 0.2) is 0 Å². The van der Waals surface area contributed by atoms with Gasteiger partial charge in [0.15, 0.2) is 5.78 Å². The molecule has 0 saturated carbocycles. The Morgan fingerprint density at radius 3 is 2.67 bits per heavy atom. The molecular weight excluding hydrogens is 136 g/mol. The second-order valence-electron chi connectivity index (χ2n) is 2.13. The van der Waals surface area contributed by atoms with Crippen molar-refractivity contribution in [2.75, 3.05) is 5.75 Å². The highest BCUT2D eigenvalue weighted by Crippen LogP contribution is 2.18. The molecule has 1 saturated heterocycles. The number of rotatable bonds is 0. The third-order valence-electron chi connectivity index (χ3n) is 1.32.